The summed E-state index contributed by atoms with van der Waals surface area (Å²) in [6.07, 6.45) is 4.45. The van der Waals surface area contributed by atoms with E-state index in [9.17, 15) is 4.79 Å². The summed E-state index contributed by atoms with van der Waals surface area (Å²) < 4.78 is 5.00. The van der Waals surface area contributed by atoms with Crippen LogP contribution in [0, 0.1) is 18.8 Å². The molecule has 116 valence electrons. The molecule has 21 heavy (non-hydrogen) atoms. The molecule has 6 heteroatoms. The van der Waals surface area contributed by atoms with Gasteiger partial charge in [0.2, 0.25) is 11.8 Å². The highest BCUT2D eigenvalue weighted by atomic mass is 16.5. The molecule has 0 spiro atoms. The number of aromatic nitrogens is 2. The highest BCUT2D eigenvalue weighted by Crippen LogP contribution is 2.31. The van der Waals surface area contributed by atoms with Crippen LogP contribution in [0.4, 0.5) is 0 Å². The monoisotopic (exact) mass is 292 g/mol. The molecule has 1 aliphatic heterocycles. The Morgan fingerprint density at radius 3 is 2.62 bits per heavy atom. The van der Waals surface area contributed by atoms with Crippen molar-refractivity contribution in [1.82, 2.24) is 19.9 Å². The first-order valence-electron chi connectivity index (χ1n) is 7.88. The predicted octanol–water partition coefficient (Wildman–Crippen LogP) is 1.46. The van der Waals surface area contributed by atoms with Gasteiger partial charge in [0, 0.05) is 26.4 Å². The fourth-order valence-electron chi connectivity index (χ4n) is 3.05. The van der Waals surface area contributed by atoms with Crippen molar-refractivity contribution >= 4 is 5.91 Å². The number of rotatable bonds is 5. The van der Waals surface area contributed by atoms with Gasteiger partial charge in [0.1, 0.15) is 0 Å². The second-order valence-corrected chi connectivity index (χ2v) is 6.44. The van der Waals surface area contributed by atoms with Crippen LogP contribution >= 0.6 is 0 Å². The fraction of sp³-hybridized carbons (Fsp3) is 0.800. The highest BCUT2D eigenvalue weighted by Gasteiger charge is 2.33. The molecule has 1 aromatic rings. The maximum Gasteiger partial charge on any atom is 0.225 e. The van der Waals surface area contributed by atoms with Gasteiger partial charge in [0.05, 0.1) is 6.54 Å². The number of nitrogens with zero attached hydrogens (tertiary/aromatic N) is 4. The van der Waals surface area contributed by atoms with Gasteiger partial charge in [-0.1, -0.05) is 5.16 Å². The summed E-state index contributed by atoms with van der Waals surface area (Å²) in [7, 11) is 1.95. The van der Waals surface area contributed by atoms with E-state index < -0.39 is 0 Å². The summed E-state index contributed by atoms with van der Waals surface area (Å²) in [5, 5.41) is 3.95. The fourth-order valence-corrected chi connectivity index (χ4v) is 3.05. The summed E-state index contributed by atoms with van der Waals surface area (Å²) in [5.74, 6) is 2.70. The van der Waals surface area contributed by atoms with E-state index in [4.69, 9.17) is 4.52 Å². The largest absolute Gasteiger partial charge is 0.345 e. The van der Waals surface area contributed by atoms with E-state index in [-0.39, 0.29) is 0 Å². The zero-order valence-electron chi connectivity index (χ0n) is 12.9. The van der Waals surface area contributed by atoms with Crippen LogP contribution in [0.2, 0.25) is 0 Å². The SMILES string of the molecule is Cc1nc(CN2CCC(CN(C)C(=O)C3CC3)CC2)no1. The summed E-state index contributed by atoms with van der Waals surface area (Å²) in [6, 6.07) is 0. The third kappa shape index (κ3) is 3.81. The van der Waals surface area contributed by atoms with E-state index in [1.807, 2.05) is 18.9 Å². The quantitative estimate of drug-likeness (QED) is 0.822. The first kappa shape index (κ1) is 14.5. The third-order valence-electron chi connectivity index (χ3n) is 4.48. The van der Waals surface area contributed by atoms with Crippen molar-refractivity contribution in [3.63, 3.8) is 0 Å². The Bertz CT molecular complexity index is 490. The second-order valence-electron chi connectivity index (χ2n) is 6.44. The molecule has 0 bridgehead atoms. The molecule has 2 aliphatic rings. The number of amides is 1. The molecule has 0 radical (unpaired) electrons. The lowest BCUT2D eigenvalue weighted by atomic mass is 9.96. The van der Waals surface area contributed by atoms with Crippen molar-refractivity contribution < 1.29 is 9.32 Å². The van der Waals surface area contributed by atoms with Crippen LogP contribution in [0.3, 0.4) is 0 Å². The summed E-state index contributed by atoms with van der Waals surface area (Å²) in [4.78, 5) is 20.5. The zero-order chi connectivity index (χ0) is 14.8. The number of hydrogen-bond acceptors (Lipinski definition) is 5. The molecule has 2 heterocycles. The first-order chi connectivity index (χ1) is 10.1. The van der Waals surface area contributed by atoms with Gasteiger partial charge in [-0.15, -0.1) is 0 Å². The highest BCUT2D eigenvalue weighted by molar-refractivity contribution is 5.80. The second kappa shape index (κ2) is 6.13. The van der Waals surface area contributed by atoms with Crippen LogP contribution in [-0.2, 0) is 11.3 Å². The average Bonchev–Trinajstić information content (AvgIpc) is 3.24. The number of hydrogen-bond donors (Lipinski definition) is 0. The molecule has 3 rings (SSSR count). The maximum atomic E-state index is 12.0. The number of piperidine rings is 1. The van der Waals surface area contributed by atoms with E-state index in [0.29, 0.717) is 23.6 Å². The Morgan fingerprint density at radius 2 is 2.05 bits per heavy atom. The van der Waals surface area contributed by atoms with Crippen molar-refractivity contribution in [2.75, 3.05) is 26.7 Å². The summed E-state index contributed by atoms with van der Waals surface area (Å²) in [6.45, 7) is 5.58. The van der Waals surface area contributed by atoms with Gasteiger partial charge in [0.15, 0.2) is 5.82 Å². The number of carbonyl (C=O) groups is 1. The van der Waals surface area contributed by atoms with Crippen LogP contribution < -0.4 is 0 Å². The molecule has 1 saturated heterocycles. The molecule has 1 aromatic heterocycles. The van der Waals surface area contributed by atoms with Crippen LogP contribution in [0.15, 0.2) is 4.52 Å². The van der Waals surface area contributed by atoms with E-state index in [1.54, 1.807) is 0 Å². The van der Waals surface area contributed by atoms with Gasteiger partial charge >= 0.3 is 0 Å². The molecule has 1 saturated carbocycles. The van der Waals surface area contributed by atoms with Crippen LogP contribution in [0.25, 0.3) is 0 Å². The average molecular weight is 292 g/mol. The molecule has 2 fully saturated rings. The molecule has 0 N–H and O–H groups in total. The minimum Gasteiger partial charge on any atom is -0.345 e. The zero-order valence-corrected chi connectivity index (χ0v) is 12.9. The molecule has 1 amide bonds. The number of likely N-dealkylation sites (tertiary alicyclic amines) is 1. The minimum absolute atomic E-state index is 0.330. The molecule has 0 unspecified atom stereocenters. The van der Waals surface area contributed by atoms with Gasteiger partial charge in [0.25, 0.3) is 0 Å². The molecule has 0 atom stereocenters. The van der Waals surface area contributed by atoms with E-state index >= 15 is 0 Å². The molecule has 1 aliphatic carbocycles. The lowest BCUT2D eigenvalue weighted by molar-refractivity contribution is -0.132. The molecular formula is C15H24N4O2. The lowest BCUT2D eigenvalue weighted by Crippen LogP contribution is -2.39. The normalized spacial score (nSPS) is 20.7. The maximum absolute atomic E-state index is 12.0. The Hall–Kier alpha value is -1.43. The van der Waals surface area contributed by atoms with Crippen molar-refractivity contribution in [2.45, 2.75) is 39.2 Å². The van der Waals surface area contributed by atoms with Crippen molar-refractivity contribution in [1.29, 1.82) is 0 Å². The van der Waals surface area contributed by atoms with Gasteiger partial charge in [-0.05, 0) is 44.7 Å². The Morgan fingerprint density at radius 1 is 1.33 bits per heavy atom. The summed E-state index contributed by atoms with van der Waals surface area (Å²) in [5.41, 5.74) is 0. The first-order valence-corrected chi connectivity index (χ1v) is 7.88. The molecular weight excluding hydrogens is 268 g/mol. The Labute approximate surface area is 125 Å². The van der Waals surface area contributed by atoms with Crippen molar-refractivity contribution in [3.8, 4) is 0 Å². The molecule has 6 nitrogen and oxygen atoms in total. The smallest absolute Gasteiger partial charge is 0.225 e. The van der Waals surface area contributed by atoms with Gasteiger partial charge in [-0.2, -0.15) is 4.98 Å². The van der Waals surface area contributed by atoms with Gasteiger partial charge in [-0.3, -0.25) is 9.69 Å². The van der Waals surface area contributed by atoms with E-state index in [1.165, 1.54) is 0 Å². The topological polar surface area (TPSA) is 62.5 Å². The predicted molar refractivity (Wildman–Crippen MR) is 77.4 cm³/mol. The van der Waals surface area contributed by atoms with Crippen LogP contribution in [0.1, 0.15) is 37.4 Å². The Kier molecular flexibility index (Phi) is 4.24. The summed E-state index contributed by atoms with van der Waals surface area (Å²) >= 11 is 0. The van der Waals surface area contributed by atoms with Crippen LogP contribution in [-0.4, -0.2) is 52.5 Å². The van der Waals surface area contributed by atoms with Gasteiger partial charge in [-0.25, -0.2) is 0 Å². The van der Waals surface area contributed by atoms with Crippen molar-refractivity contribution in [3.05, 3.63) is 11.7 Å². The number of carbonyl (C=O) groups excluding carboxylic acids is 1. The standard InChI is InChI=1S/C15H24N4O2/c1-11-16-14(17-21-11)10-19-7-5-12(6-8-19)9-18(2)15(20)13-3-4-13/h12-13H,3-10H2,1-2H3. The van der Waals surface area contributed by atoms with Gasteiger partial charge < -0.3 is 9.42 Å². The van der Waals surface area contributed by atoms with Crippen molar-refractivity contribution in [2.24, 2.45) is 11.8 Å². The molecule has 0 aromatic carbocycles. The Balaban J connectivity index is 1.41. The lowest BCUT2D eigenvalue weighted by Gasteiger charge is -2.33. The number of aryl methyl sites for hydroxylation is 1. The van der Waals surface area contributed by atoms with E-state index in [0.717, 1.165) is 57.7 Å². The minimum atomic E-state index is 0.330. The third-order valence-corrected chi connectivity index (χ3v) is 4.48. The van der Waals surface area contributed by atoms with Crippen LogP contribution in [0.5, 0.6) is 0 Å². The van der Waals surface area contributed by atoms with E-state index in [2.05, 4.69) is 15.0 Å².